The van der Waals surface area contributed by atoms with Crippen molar-refractivity contribution in [1.29, 1.82) is 0 Å². The average Bonchev–Trinajstić information content (AvgIpc) is 2.28. The highest BCUT2D eigenvalue weighted by Gasteiger charge is 2.26. The van der Waals surface area contributed by atoms with Gasteiger partial charge in [0.05, 0.1) is 0 Å². The molecular formula is C10H21ClN2O2S. The molecule has 96 valence electrons. The number of nitrogens with zero attached hydrogens (tertiary/aromatic N) is 1. The minimum absolute atomic E-state index is 0.121. The molecule has 2 atom stereocenters. The summed E-state index contributed by atoms with van der Waals surface area (Å²) in [7, 11) is -3.31. The second-order valence-corrected chi connectivity index (χ2v) is 6.51. The van der Waals surface area contributed by atoms with Gasteiger partial charge in [0.15, 0.2) is 0 Å². The molecule has 0 radical (unpaired) electrons. The minimum atomic E-state index is -3.31. The van der Waals surface area contributed by atoms with E-state index in [2.05, 4.69) is 4.72 Å². The van der Waals surface area contributed by atoms with Gasteiger partial charge in [0.25, 0.3) is 10.2 Å². The highest BCUT2D eigenvalue weighted by atomic mass is 35.5. The molecule has 1 fully saturated rings. The molecule has 4 nitrogen and oxygen atoms in total. The van der Waals surface area contributed by atoms with Crippen LogP contribution in [0, 0.1) is 5.92 Å². The Morgan fingerprint density at radius 3 is 2.31 bits per heavy atom. The van der Waals surface area contributed by atoms with Crippen LogP contribution in [0.15, 0.2) is 0 Å². The summed E-state index contributed by atoms with van der Waals surface area (Å²) in [6.07, 6.45) is 3.04. The predicted octanol–water partition coefficient (Wildman–Crippen LogP) is 1.57. The van der Waals surface area contributed by atoms with Gasteiger partial charge in [-0.1, -0.05) is 13.3 Å². The summed E-state index contributed by atoms with van der Waals surface area (Å²) in [6.45, 7) is 5.07. The number of nitrogens with one attached hydrogen (secondary N) is 1. The fourth-order valence-corrected chi connectivity index (χ4v) is 3.52. The number of hydrogen-bond donors (Lipinski definition) is 1. The molecule has 2 unspecified atom stereocenters. The molecular weight excluding hydrogens is 248 g/mol. The molecule has 16 heavy (non-hydrogen) atoms. The average molecular weight is 269 g/mol. The minimum Gasteiger partial charge on any atom is -0.199 e. The van der Waals surface area contributed by atoms with Crippen molar-refractivity contribution < 1.29 is 8.42 Å². The normalized spacial score (nSPS) is 22.9. The Morgan fingerprint density at radius 1 is 1.25 bits per heavy atom. The van der Waals surface area contributed by atoms with Crippen LogP contribution in [0.25, 0.3) is 0 Å². The van der Waals surface area contributed by atoms with Crippen LogP contribution in [0.2, 0.25) is 0 Å². The Hall–Kier alpha value is 0.160. The SMILES string of the molecule is CC(CCl)C(C)NS(=O)(=O)N1CCCCC1. The van der Waals surface area contributed by atoms with E-state index in [0.717, 1.165) is 19.3 Å². The maximum absolute atomic E-state index is 12.0. The van der Waals surface area contributed by atoms with Gasteiger partial charge in [-0.15, -0.1) is 11.6 Å². The molecule has 1 aliphatic rings. The highest BCUT2D eigenvalue weighted by Crippen LogP contribution is 2.14. The van der Waals surface area contributed by atoms with E-state index in [1.807, 2.05) is 13.8 Å². The first-order valence-electron chi connectivity index (χ1n) is 5.80. The van der Waals surface area contributed by atoms with Gasteiger partial charge in [-0.05, 0) is 25.7 Å². The van der Waals surface area contributed by atoms with Gasteiger partial charge in [0.1, 0.15) is 0 Å². The van der Waals surface area contributed by atoms with Gasteiger partial charge < -0.3 is 0 Å². The molecule has 0 spiro atoms. The summed E-state index contributed by atoms with van der Waals surface area (Å²) in [6, 6.07) is -0.121. The first-order chi connectivity index (χ1) is 7.47. The summed E-state index contributed by atoms with van der Waals surface area (Å²) in [5.74, 6) is 0.602. The zero-order valence-electron chi connectivity index (χ0n) is 9.95. The first kappa shape index (κ1) is 14.2. The zero-order chi connectivity index (χ0) is 12.2. The molecule has 1 saturated heterocycles. The van der Waals surface area contributed by atoms with Gasteiger partial charge >= 0.3 is 0 Å². The second kappa shape index (κ2) is 6.19. The lowest BCUT2D eigenvalue weighted by atomic mass is 10.1. The van der Waals surface area contributed by atoms with Crippen LogP contribution in [0.4, 0.5) is 0 Å². The molecule has 0 saturated carbocycles. The van der Waals surface area contributed by atoms with Crippen LogP contribution in [-0.4, -0.2) is 37.7 Å². The van der Waals surface area contributed by atoms with E-state index in [9.17, 15) is 8.42 Å². The third-order valence-corrected chi connectivity index (χ3v) is 5.29. The molecule has 0 aromatic carbocycles. The molecule has 0 aromatic rings. The number of rotatable bonds is 5. The van der Waals surface area contributed by atoms with Gasteiger partial charge in [0.2, 0.25) is 0 Å². The Balaban J connectivity index is 2.56. The highest BCUT2D eigenvalue weighted by molar-refractivity contribution is 7.87. The lowest BCUT2D eigenvalue weighted by Crippen LogP contribution is -2.48. The number of alkyl halides is 1. The fourth-order valence-electron chi connectivity index (χ4n) is 1.66. The Bertz CT molecular complexity index is 302. The van der Waals surface area contributed by atoms with Crippen LogP contribution < -0.4 is 4.72 Å². The topological polar surface area (TPSA) is 49.4 Å². The molecule has 0 aliphatic carbocycles. The Labute approximate surface area is 104 Å². The second-order valence-electron chi connectivity index (χ2n) is 4.50. The van der Waals surface area contributed by atoms with E-state index in [4.69, 9.17) is 11.6 Å². The van der Waals surface area contributed by atoms with Crippen LogP contribution in [0.3, 0.4) is 0 Å². The summed E-state index contributed by atoms with van der Waals surface area (Å²) in [5.41, 5.74) is 0. The molecule has 1 rings (SSSR count). The van der Waals surface area contributed by atoms with Crippen LogP contribution in [0.5, 0.6) is 0 Å². The maximum Gasteiger partial charge on any atom is 0.279 e. The standard InChI is InChI=1S/C10H21ClN2O2S/c1-9(8-11)10(2)12-16(14,15)13-6-4-3-5-7-13/h9-10,12H,3-8H2,1-2H3. The molecule has 6 heteroatoms. The monoisotopic (exact) mass is 268 g/mol. The maximum atomic E-state index is 12.0. The molecule has 0 bridgehead atoms. The molecule has 0 amide bonds. The zero-order valence-corrected chi connectivity index (χ0v) is 11.5. The third-order valence-electron chi connectivity index (χ3n) is 3.09. The van der Waals surface area contributed by atoms with Crippen molar-refractivity contribution in [1.82, 2.24) is 9.03 Å². The van der Waals surface area contributed by atoms with Gasteiger partial charge in [-0.2, -0.15) is 17.4 Å². The van der Waals surface area contributed by atoms with Crippen LogP contribution in [0.1, 0.15) is 33.1 Å². The third kappa shape index (κ3) is 3.87. The van der Waals surface area contributed by atoms with Gasteiger partial charge in [-0.3, -0.25) is 0 Å². The molecule has 1 aliphatic heterocycles. The van der Waals surface area contributed by atoms with Crippen molar-refractivity contribution in [3.63, 3.8) is 0 Å². The summed E-state index contributed by atoms with van der Waals surface area (Å²) in [4.78, 5) is 0. The van der Waals surface area contributed by atoms with Crippen molar-refractivity contribution in [2.24, 2.45) is 5.92 Å². The van der Waals surface area contributed by atoms with Crippen molar-refractivity contribution in [2.45, 2.75) is 39.2 Å². The van der Waals surface area contributed by atoms with Gasteiger partial charge in [0, 0.05) is 25.0 Å². The van der Waals surface area contributed by atoms with Crippen molar-refractivity contribution in [3.05, 3.63) is 0 Å². The smallest absolute Gasteiger partial charge is 0.199 e. The van der Waals surface area contributed by atoms with E-state index in [1.165, 1.54) is 4.31 Å². The van der Waals surface area contributed by atoms with Crippen molar-refractivity contribution >= 4 is 21.8 Å². The lowest BCUT2D eigenvalue weighted by Gasteiger charge is -2.28. The molecule has 1 N–H and O–H groups in total. The summed E-state index contributed by atoms with van der Waals surface area (Å²) in [5, 5.41) is 0. The lowest BCUT2D eigenvalue weighted by molar-refractivity contribution is 0.335. The van der Waals surface area contributed by atoms with E-state index in [-0.39, 0.29) is 12.0 Å². The first-order valence-corrected chi connectivity index (χ1v) is 7.78. The number of halogens is 1. The van der Waals surface area contributed by atoms with Crippen LogP contribution >= 0.6 is 11.6 Å². The van der Waals surface area contributed by atoms with Crippen LogP contribution in [-0.2, 0) is 10.2 Å². The van der Waals surface area contributed by atoms with Gasteiger partial charge in [-0.25, -0.2) is 0 Å². The summed E-state index contributed by atoms with van der Waals surface area (Å²) < 4.78 is 28.2. The van der Waals surface area contributed by atoms with E-state index in [0.29, 0.717) is 19.0 Å². The van der Waals surface area contributed by atoms with Crippen molar-refractivity contribution in [2.75, 3.05) is 19.0 Å². The quantitative estimate of drug-likeness (QED) is 0.770. The molecule has 1 heterocycles. The van der Waals surface area contributed by atoms with E-state index in [1.54, 1.807) is 0 Å². The fraction of sp³-hybridized carbons (Fsp3) is 1.00. The molecule has 0 aromatic heterocycles. The Morgan fingerprint density at radius 2 is 1.81 bits per heavy atom. The summed E-state index contributed by atoms with van der Waals surface area (Å²) >= 11 is 5.71. The largest absolute Gasteiger partial charge is 0.279 e. The van der Waals surface area contributed by atoms with E-state index >= 15 is 0 Å². The van der Waals surface area contributed by atoms with Crippen molar-refractivity contribution in [3.8, 4) is 0 Å². The van der Waals surface area contributed by atoms with E-state index < -0.39 is 10.2 Å². The number of hydrogen-bond acceptors (Lipinski definition) is 2. The Kier molecular flexibility index (Phi) is 5.50. The predicted molar refractivity (Wildman–Crippen MR) is 66.8 cm³/mol. The number of piperidine rings is 1.